The van der Waals surface area contributed by atoms with E-state index in [1.807, 2.05) is 49.4 Å². The predicted octanol–water partition coefficient (Wildman–Crippen LogP) is 2.57. The van der Waals surface area contributed by atoms with Gasteiger partial charge in [-0.3, -0.25) is 0 Å². The molecule has 1 saturated heterocycles. The van der Waals surface area contributed by atoms with Crippen LogP contribution in [-0.4, -0.2) is 51.8 Å². The van der Waals surface area contributed by atoms with Gasteiger partial charge in [0.15, 0.2) is 5.65 Å². The number of hydrogen-bond acceptors (Lipinski definition) is 5. The zero-order valence-electron chi connectivity index (χ0n) is 14.0. The second-order valence-corrected chi connectivity index (χ2v) is 5.98. The van der Waals surface area contributed by atoms with Crippen molar-refractivity contribution in [3.05, 3.63) is 48.2 Å². The molecule has 0 bridgehead atoms. The molecule has 0 saturated carbocycles. The second kappa shape index (κ2) is 6.43. The zero-order valence-corrected chi connectivity index (χ0v) is 14.0. The Labute approximate surface area is 145 Å². The maximum absolute atomic E-state index is 11.5. The Morgan fingerprint density at radius 1 is 1.24 bits per heavy atom. The van der Waals surface area contributed by atoms with Crippen molar-refractivity contribution >= 4 is 17.6 Å². The lowest BCUT2D eigenvalue weighted by Crippen LogP contribution is -2.30. The Kier molecular flexibility index (Phi) is 3.97. The Morgan fingerprint density at radius 2 is 2.08 bits per heavy atom. The Balaban J connectivity index is 1.61. The minimum atomic E-state index is -0.249. The maximum Gasteiger partial charge on any atom is 0.409 e. The molecule has 1 aromatic carbocycles. The molecule has 1 N–H and O–H groups in total. The van der Waals surface area contributed by atoms with Crippen LogP contribution in [0.3, 0.4) is 0 Å². The summed E-state index contributed by atoms with van der Waals surface area (Å²) in [6.07, 6.45) is -0.249. The molecule has 1 aliphatic rings. The standard InChI is InChI=1S/C18H19N5O2/c1-13-11-17-20-15(14-5-3-2-4-6-14)12-16(23(17)21-13)19-7-8-22-9-10-25-18(22)24/h2-6,11-12,19H,7-10H2,1H3. The highest BCUT2D eigenvalue weighted by molar-refractivity contribution is 5.69. The number of nitrogens with one attached hydrogen (secondary N) is 1. The van der Waals surface area contributed by atoms with Crippen LogP contribution in [0.25, 0.3) is 16.9 Å². The first-order valence-electron chi connectivity index (χ1n) is 8.29. The minimum absolute atomic E-state index is 0.249. The van der Waals surface area contributed by atoms with Crippen LogP contribution in [0, 0.1) is 6.92 Å². The number of carbonyl (C=O) groups is 1. The van der Waals surface area contributed by atoms with Gasteiger partial charge < -0.3 is 15.0 Å². The van der Waals surface area contributed by atoms with Crippen molar-refractivity contribution in [1.82, 2.24) is 19.5 Å². The molecule has 4 rings (SSSR count). The lowest BCUT2D eigenvalue weighted by atomic mass is 10.1. The molecular weight excluding hydrogens is 318 g/mol. The van der Waals surface area contributed by atoms with Crippen LogP contribution < -0.4 is 5.32 Å². The van der Waals surface area contributed by atoms with Crippen molar-refractivity contribution in [3.63, 3.8) is 0 Å². The molecule has 0 unspecified atom stereocenters. The van der Waals surface area contributed by atoms with Crippen LogP contribution in [-0.2, 0) is 4.74 Å². The van der Waals surface area contributed by atoms with Gasteiger partial charge in [-0.25, -0.2) is 9.78 Å². The number of aromatic nitrogens is 3. The number of amides is 1. The van der Waals surface area contributed by atoms with E-state index in [-0.39, 0.29) is 6.09 Å². The monoisotopic (exact) mass is 337 g/mol. The van der Waals surface area contributed by atoms with Gasteiger partial charge >= 0.3 is 6.09 Å². The molecule has 1 aliphatic heterocycles. The normalized spacial score (nSPS) is 14.1. The van der Waals surface area contributed by atoms with E-state index in [4.69, 9.17) is 9.72 Å². The first-order chi connectivity index (χ1) is 12.2. The largest absolute Gasteiger partial charge is 0.448 e. The van der Waals surface area contributed by atoms with Gasteiger partial charge in [0.05, 0.1) is 17.9 Å². The average molecular weight is 337 g/mol. The van der Waals surface area contributed by atoms with Gasteiger partial charge in [0, 0.05) is 30.8 Å². The van der Waals surface area contributed by atoms with Crippen molar-refractivity contribution in [2.24, 2.45) is 0 Å². The SMILES string of the molecule is Cc1cc2nc(-c3ccccc3)cc(NCCN3CCOC3=O)n2n1. The molecule has 2 aromatic heterocycles. The molecular formula is C18H19N5O2. The number of carbonyl (C=O) groups excluding carboxylic acids is 1. The van der Waals surface area contributed by atoms with Crippen molar-refractivity contribution < 1.29 is 9.53 Å². The summed E-state index contributed by atoms with van der Waals surface area (Å²) in [4.78, 5) is 17.9. The topological polar surface area (TPSA) is 71.8 Å². The van der Waals surface area contributed by atoms with Crippen LogP contribution in [0.5, 0.6) is 0 Å². The van der Waals surface area contributed by atoms with Gasteiger partial charge in [0.2, 0.25) is 0 Å². The van der Waals surface area contributed by atoms with Crippen LogP contribution >= 0.6 is 0 Å². The summed E-state index contributed by atoms with van der Waals surface area (Å²) >= 11 is 0. The summed E-state index contributed by atoms with van der Waals surface area (Å²) < 4.78 is 6.75. The van der Waals surface area contributed by atoms with E-state index in [9.17, 15) is 4.79 Å². The number of fused-ring (bicyclic) bond motifs is 1. The van der Waals surface area contributed by atoms with Gasteiger partial charge in [0.1, 0.15) is 12.4 Å². The Hall–Kier alpha value is -3.09. The maximum atomic E-state index is 11.5. The highest BCUT2D eigenvalue weighted by Gasteiger charge is 2.21. The molecule has 7 heteroatoms. The fourth-order valence-corrected chi connectivity index (χ4v) is 2.92. The molecule has 7 nitrogen and oxygen atoms in total. The molecule has 0 radical (unpaired) electrons. The Bertz CT molecular complexity index is 906. The number of ether oxygens (including phenoxy) is 1. The van der Waals surface area contributed by atoms with E-state index < -0.39 is 0 Å². The van der Waals surface area contributed by atoms with Crippen LogP contribution in [0.2, 0.25) is 0 Å². The van der Waals surface area contributed by atoms with Crippen molar-refractivity contribution in [2.75, 3.05) is 31.6 Å². The number of benzene rings is 1. The van der Waals surface area contributed by atoms with Gasteiger partial charge in [0.25, 0.3) is 0 Å². The molecule has 0 spiro atoms. The number of aryl methyl sites for hydroxylation is 1. The Morgan fingerprint density at radius 3 is 2.84 bits per heavy atom. The van der Waals surface area contributed by atoms with Gasteiger partial charge in [-0.1, -0.05) is 30.3 Å². The summed E-state index contributed by atoms with van der Waals surface area (Å²) in [5.74, 6) is 0.851. The van der Waals surface area contributed by atoms with Crippen LogP contribution in [0.15, 0.2) is 42.5 Å². The molecule has 0 aliphatic carbocycles. The third-order valence-electron chi connectivity index (χ3n) is 4.15. The first kappa shape index (κ1) is 15.4. The van der Waals surface area contributed by atoms with Crippen molar-refractivity contribution in [1.29, 1.82) is 0 Å². The highest BCUT2D eigenvalue weighted by atomic mass is 16.6. The number of hydrogen-bond donors (Lipinski definition) is 1. The summed E-state index contributed by atoms with van der Waals surface area (Å²) in [5.41, 5.74) is 3.64. The van der Waals surface area contributed by atoms with Crippen LogP contribution in [0.4, 0.5) is 10.6 Å². The van der Waals surface area contributed by atoms with Gasteiger partial charge in [-0.15, -0.1) is 0 Å². The minimum Gasteiger partial charge on any atom is -0.448 e. The lowest BCUT2D eigenvalue weighted by Gasteiger charge is -2.15. The van der Waals surface area contributed by atoms with Crippen LogP contribution in [0.1, 0.15) is 5.69 Å². The number of rotatable bonds is 5. The summed E-state index contributed by atoms with van der Waals surface area (Å²) in [5, 5.41) is 7.87. The van der Waals surface area contributed by atoms with E-state index in [0.717, 1.165) is 28.4 Å². The molecule has 3 aromatic rings. The fourth-order valence-electron chi connectivity index (χ4n) is 2.92. The van der Waals surface area contributed by atoms with Crippen molar-refractivity contribution in [2.45, 2.75) is 6.92 Å². The third-order valence-corrected chi connectivity index (χ3v) is 4.15. The van der Waals surface area contributed by atoms with E-state index in [0.29, 0.717) is 26.2 Å². The highest BCUT2D eigenvalue weighted by Crippen LogP contribution is 2.22. The van der Waals surface area contributed by atoms with E-state index in [2.05, 4.69) is 10.4 Å². The number of nitrogens with zero attached hydrogens (tertiary/aromatic N) is 4. The van der Waals surface area contributed by atoms with E-state index in [1.165, 1.54) is 0 Å². The second-order valence-electron chi connectivity index (χ2n) is 5.98. The third kappa shape index (κ3) is 3.13. The quantitative estimate of drug-likeness (QED) is 0.775. The smallest absolute Gasteiger partial charge is 0.409 e. The van der Waals surface area contributed by atoms with E-state index in [1.54, 1.807) is 9.42 Å². The number of cyclic esters (lactones) is 1. The molecule has 1 fully saturated rings. The van der Waals surface area contributed by atoms with Crippen molar-refractivity contribution in [3.8, 4) is 11.3 Å². The summed E-state index contributed by atoms with van der Waals surface area (Å²) in [7, 11) is 0. The summed E-state index contributed by atoms with van der Waals surface area (Å²) in [6.45, 7) is 4.25. The molecule has 128 valence electrons. The fraction of sp³-hybridized carbons (Fsp3) is 0.278. The molecule has 0 atom stereocenters. The van der Waals surface area contributed by atoms with Gasteiger partial charge in [-0.2, -0.15) is 9.61 Å². The number of anilines is 1. The first-order valence-corrected chi connectivity index (χ1v) is 8.29. The van der Waals surface area contributed by atoms with Gasteiger partial charge in [-0.05, 0) is 6.92 Å². The molecule has 3 heterocycles. The summed E-state index contributed by atoms with van der Waals surface area (Å²) in [6, 6.07) is 14.0. The molecule has 1 amide bonds. The lowest BCUT2D eigenvalue weighted by molar-refractivity contribution is 0.159. The van der Waals surface area contributed by atoms with E-state index >= 15 is 0 Å². The average Bonchev–Trinajstić information content (AvgIpc) is 3.20. The zero-order chi connectivity index (χ0) is 17.2. The molecule has 25 heavy (non-hydrogen) atoms. The predicted molar refractivity (Wildman–Crippen MR) is 94.6 cm³/mol.